The molecule has 2 heterocycles. The minimum absolute atomic E-state index is 0.0776. The number of sulfonamides is 1. The Bertz CT molecular complexity index is 1600. The molecule has 0 saturated carbocycles. The van der Waals surface area contributed by atoms with E-state index in [1.54, 1.807) is 66.4 Å². The minimum Gasteiger partial charge on any atom is -0.490 e. The summed E-state index contributed by atoms with van der Waals surface area (Å²) in [6.07, 6.45) is 4.55. The number of aryl methyl sites for hydroxylation is 1. The van der Waals surface area contributed by atoms with Gasteiger partial charge in [-0.15, -0.1) is 0 Å². The molecule has 12 heteroatoms. The lowest BCUT2D eigenvalue weighted by Gasteiger charge is -2.35. The monoisotopic (exact) mass is 666 g/mol. The molecule has 2 amide bonds. The zero-order valence-electron chi connectivity index (χ0n) is 27.8. The Morgan fingerprint density at radius 1 is 1.11 bits per heavy atom. The van der Waals surface area contributed by atoms with E-state index in [1.807, 2.05) is 20.8 Å². The van der Waals surface area contributed by atoms with E-state index in [0.29, 0.717) is 30.0 Å². The zero-order valence-corrected chi connectivity index (χ0v) is 28.6. The maximum atomic E-state index is 14.3. The molecule has 0 bridgehead atoms. The second kappa shape index (κ2) is 16.3. The molecular weight excluding hydrogens is 620 g/mol. The smallest absolute Gasteiger partial charge is 0.258 e. The van der Waals surface area contributed by atoms with Gasteiger partial charge in [0, 0.05) is 56.3 Å². The van der Waals surface area contributed by atoms with E-state index in [4.69, 9.17) is 9.47 Å². The van der Waals surface area contributed by atoms with Crippen molar-refractivity contribution in [1.82, 2.24) is 14.2 Å². The van der Waals surface area contributed by atoms with E-state index >= 15 is 0 Å². The van der Waals surface area contributed by atoms with Crippen LogP contribution in [-0.2, 0) is 14.8 Å². The van der Waals surface area contributed by atoms with Gasteiger partial charge in [-0.3, -0.25) is 14.6 Å². The van der Waals surface area contributed by atoms with Gasteiger partial charge in [-0.2, -0.15) is 4.31 Å². The third-order valence-electron chi connectivity index (χ3n) is 8.42. The SMILES string of the molecule is Cc1ccc(S(=O)(=O)N(C)C[C@@H]2OCCCC[C@@H](C)Oc3ccc(NC(=O)c4ccncc4)cc3C(=O)N([C@@H](C)CO)C[C@@H]2C)cc1. The number of fused-ring (bicyclic) bond motifs is 1. The average molecular weight is 667 g/mol. The van der Waals surface area contributed by atoms with Crippen LogP contribution in [0, 0.1) is 12.8 Å². The van der Waals surface area contributed by atoms with Crippen LogP contribution in [-0.4, -0.2) is 91.1 Å². The molecule has 254 valence electrons. The average Bonchev–Trinajstić information content (AvgIpc) is 3.06. The number of hydrogen-bond donors (Lipinski definition) is 2. The predicted octanol–water partition coefficient (Wildman–Crippen LogP) is 4.76. The Morgan fingerprint density at radius 3 is 2.49 bits per heavy atom. The van der Waals surface area contributed by atoms with Crippen LogP contribution in [0.3, 0.4) is 0 Å². The summed E-state index contributed by atoms with van der Waals surface area (Å²) in [5.74, 6) is -0.684. The second-order valence-corrected chi connectivity index (χ2v) is 14.3. The first-order chi connectivity index (χ1) is 22.4. The van der Waals surface area contributed by atoms with Gasteiger partial charge >= 0.3 is 0 Å². The maximum absolute atomic E-state index is 14.3. The summed E-state index contributed by atoms with van der Waals surface area (Å²) in [5.41, 5.74) is 2.03. The van der Waals surface area contributed by atoms with Crippen LogP contribution in [0.5, 0.6) is 5.75 Å². The number of likely N-dealkylation sites (N-methyl/N-ethyl adjacent to an activating group) is 1. The lowest BCUT2D eigenvalue weighted by Crippen LogP contribution is -2.48. The van der Waals surface area contributed by atoms with Gasteiger partial charge in [-0.05, 0) is 82.5 Å². The third kappa shape index (κ3) is 9.38. The van der Waals surface area contributed by atoms with Gasteiger partial charge in [-0.1, -0.05) is 24.6 Å². The number of nitrogens with one attached hydrogen (secondary N) is 1. The predicted molar refractivity (Wildman–Crippen MR) is 180 cm³/mol. The van der Waals surface area contributed by atoms with Crippen molar-refractivity contribution in [2.24, 2.45) is 5.92 Å². The summed E-state index contributed by atoms with van der Waals surface area (Å²) >= 11 is 0. The van der Waals surface area contributed by atoms with Crippen molar-refractivity contribution in [3.63, 3.8) is 0 Å². The Morgan fingerprint density at radius 2 is 1.81 bits per heavy atom. The van der Waals surface area contributed by atoms with Crippen LogP contribution >= 0.6 is 0 Å². The van der Waals surface area contributed by atoms with E-state index in [1.165, 1.54) is 23.7 Å². The summed E-state index contributed by atoms with van der Waals surface area (Å²) in [6.45, 7) is 7.87. The highest BCUT2D eigenvalue weighted by Crippen LogP contribution is 2.29. The fourth-order valence-corrected chi connectivity index (χ4v) is 6.59. The molecule has 1 aliphatic rings. The molecular formula is C35H46N4O7S. The van der Waals surface area contributed by atoms with E-state index in [2.05, 4.69) is 10.3 Å². The van der Waals surface area contributed by atoms with Crippen LogP contribution in [0.2, 0.25) is 0 Å². The Kier molecular flexibility index (Phi) is 12.5. The summed E-state index contributed by atoms with van der Waals surface area (Å²) in [5, 5.41) is 13.1. The summed E-state index contributed by atoms with van der Waals surface area (Å²) in [6, 6.07) is 14.3. The topological polar surface area (TPSA) is 138 Å². The second-order valence-electron chi connectivity index (χ2n) is 12.3. The number of anilines is 1. The van der Waals surface area contributed by atoms with E-state index in [0.717, 1.165) is 18.4 Å². The number of ether oxygens (including phenoxy) is 2. The van der Waals surface area contributed by atoms with Crippen LogP contribution in [0.1, 0.15) is 66.3 Å². The number of nitrogens with zero attached hydrogens (tertiary/aromatic N) is 3. The zero-order chi connectivity index (χ0) is 34.1. The van der Waals surface area contributed by atoms with Crippen molar-refractivity contribution in [2.75, 3.05) is 38.7 Å². The Labute approximate surface area is 278 Å². The van der Waals surface area contributed by atoms with Gasteiger partial charge in [0.2, 0.25) is 10.0 Å². The van der Waals surface area contributed by atoms with Gasteiger partial charge < -0.3 is 24.8 Å². The fraction of sp³-hybridized carbons (Fsp3) is 0.457. The van der Waals surface area contributed by atoms with E-state index in [-0.39, 0.29) is 48.1 Å². The molecule has 0 aliphatic carbocycles. The van der Waals surface area contributed by atoms with Gasteiger partial charge in [0.15, 0.2) is 0 Å². The lowest BCUT2D eigenvalue weighted by molar-refractivity contribution is -0.00834. The van der Waals surface area contributed by atoms with Crippen molar-refractivity contribution in [2.45, 2.75) is 70.1 Å². The molecule has 2 aromatic carbocycles. The van der Waals surface area contributed by atoms with Crippen molar-refractivity contribution in [3.8, 4) is 5.75 Å². The van der Waals surface area contributed by atoms with Gasteiger partial charge in [0.1, 0.15) is 5.75 Å². The summed E-state index contributed by atoms with van der Waals surface area (Å²) in [4.78, 5) is 32.9. The van der Waals surface area contributed by atoms with Crippen LogP contribution in [0.15, 0.2) is 71.9 Å². The molecule has 2 N–H and O–H groups in total. The number of aliphatic hydroxyl groups is 1. The maximum Gasteiger partial charge on any atom is 0.258 e. The van der Waals surface area contributed by atoms with Gasteiger partial charge in [-0.25, -0.2) is 8.42 Å². The third-order valence-corrected chi connectivity index (χ3v) is 10.3. The quantitative estimate of drug-likeness (QED) is 0.351. The summed E-state index contributed by atoms with van der Waals surface area (Å²) in [7, 11) is -2.25. The molecule has 0 saturated heterocycles. The first kappa shape index (κ1) is 36.0. The molecule has 0 spiro atoms. The number of amides is 2. The van der Waals surface area contributed by atoms with Gasteiger partial charge in [0.05, 0.1) is 35.3 Å². The molecule has 0 fully saturated rings. The number of aliphatic hydroxyl groups excluding tert-OH is 1. The highest BCUT2D eigenvalue weighted by Gasteiger charge is 2.32. The number of carbonyl (C=O) groups excluding carboxylic acids is 2. The minimum atomic E-state index is -3.79. The first-order valence-corrected chi connectivity index (χ1v) is 17.4. The van der Waals surface area contributed by atoms with Crippen LogP contribution < -0.4 is 10.1 Å². The number of pyridine rings is 1. The normalized spacial score (nSPS) is 20.5. The van der Waals surface area contributed by atoms with E-state index < -0.39 is 28.1 Å². The summed E-state index contributed by atoms with van der Waals surface area (Å²) < 4.78 is 40.8. The molecule has 3 aromatic rings. The van der Waals surface area contributed by atoms with E-state index in [9.17, 15) is 23.1 Å². The molecule has 4 rings (SSSR count). The highest BCUT2D eigenvalue weighted by atomic mass is 32.2. The molecule has 0 radical (unpaired) electrons. The molecule has 1 aliphatic heterocycles. The lowest BCUT2D eigenvalue weighted by atomic mass is 10.0. The molecule has 4 atom stereocenters. The molecule has 1 aromatic heterocycles. The Balaban J connectivity index is 1.65. The standard InChI is InChI=1S/C35H46N4O7S/c1-24-9-12-30(13-10-24)47(43,44)38(5)22-33-25(2)21-39(26(3)23-40)35(42)31-20-29(37-34(41)28-15-17-36-18-16-28)11-14-32(31)46-27(4)8-6-7-19-45-33/h9-18,20,25-27,33,40H,6-8,19,21-23H2,1-5H3,(H,37,41)/t25-,26-,27+,33-/m0/s1. The fourth-order valence-electron chi connectivity index (χ4n) is 5.41. The Hall–Kier alpha value is -3.84. The van der Waals surface area contributed by atoms with Crippen molar-refractivity contribution in [1.29, 1.82) is 0 Å². The molecule has 0 unspecified atom stereocenters. The number of aromatic nitrogens is 1. The number of benzene rings is 2. The van der Waals surface area contributed by atoms with Crippen molar-refractivity contribution >= 4 is 27.5 Å². The van der Waals surface area contributed by atoms with Crippen molar-refractivity contribution in [3.05, 3.63) is 83.7 Å². The first-order valence-electron chi connectivity index (χ1n) is 16.0. The number of hydrogen-bond acceptors (Lipinski definition) is 8. The van der Waals surface area contributed by atoms with Gasteiger partial charge in [0.25, 0.3) is 11.8 Å². The number of rotatable bonds is 8. The van der Waals surface area contributed by atoms with Crippen LogP contribution in [0.4, 0.5) is 5.69 Å². The highest BCUT2D eigenvalue weighted by molar-refractivity contribution is 7.89. The van der Waals surface area contributed by atoms with Crippen molar-refractivity contribution < 1.29 is 32.6 Å². The van der Waals surface area contributed by atoms with Crippen LogP contribution in [0.25, 0.3) is 0 Å². The number of carbonyl (C=O) groups is 2. The largest absolute Gasteiger partial charge is 0.490 e. The molecule has 47 heavy (non-hydrogen) atoms. The molecule has 11 nitrogen and oxygen atoms in total.